The average Bonchev–Trinajstić information content (AvgIpc) is 2.48. The van der Waals surface area contributed by atoms with Crippen LogP contribution >= 0.6 is 0 Å². The number of methoxy groups -OCH3 is 1. The van der Waals surface area contributed by atoms with Crippen LogP contribution in [0.25, 0.3) is 0 Å². The van der Waals surface area contributed by atoms with E-state index in [-0.39, 0.29) is 5.97 Å². The largest absolute Gasteiger partial charge is 0.469 e. The van der Waals surface area contributed by atoms with Crippen LogP contribution in [0.1, 0.15) is 6.42 Å². The van der Waals surface area contributed by atoms with Crippen molar-refractivity contribution in [1.29, 1.82) is 0 Å². The summed E-state index contributed by atoms with van der Waals surface area (Å²) >= 11 is 0. The van der Waals surface area contributed by atoms with Crippen LogP contribution in [-0.2, 0) is 14.3 Å². The molecule has 0 unspecified atom stereocenters. The molecule has 0 aliphatic carbocycles. The monoisotopic (exact) mass is 266 g/mol. The van der Waals surface area contributed by atoms with E-state index in [4.69, 9.17) is 4.74 Å². The molecule has 1 N–H and O–H groups in total. The van der Waals surface area contributed by atoms with Crippen molar-refractivity contribution < 1.29 is 14.3 Å². The summed E-state index contributed by atoms with van der Waals surface area (Å²) in [6.45, 7) is 3.59. The molecule has 0 atom stereocenters. The molecule has 0 radical (unpaired) electrons. The molecule has 0 bridgehead atoms. The van der Waals surface area contributed by atoms with Crippen molar-refractivity contribution in [2.75, 3.05) is 50.2 Å². The minimum atomic E-state index is -0.241. The topological polar surface area (TPSA) is 76.6 Å². The maximum absolute atomic E-state index is 11.0. The normalized spacial score (nSPS) is 15.1. The van der Waals surface area contributed by atoms with E-state index < -0.39 is 0 Å². The zero-order chi connectivity index (χ0) is 13.5. The zero-order valence-electron chi connectivity index (χ0n) is 11.0. The van der Waals surface area contributed by atoms with Gasteiger partial charge in [-0.2, -0.15) is 0 Å². The lowest BCUT2D eigenvalue weighted by molar-refractivity contribution is -0.140. The number of morpholine rings is 1. The maximum Gasteiger partial charge on any atom is 0.307 e. The number of rotatable bonds is 5. The van der Waals surface area contributed by atoms with E-state index in [9.17, 15) is 4.79 Å². The number of nitrogens with zero attached hydrogens (tertiary/aromatic N) is 3. The Hall–Kier alpha value is -1.89. The summed E-state index contributed by atoms with van der Waals surface area (Å²) in [4.78, 5) is 21.5. The highest BCUT2D eigenvalue weighted by atomic mass is 16.5. The number of ether oxygens (including phenoxy) is 2. The Kier molecular flexibility index (Phi) is 4.91. The molecular formula is C12H18N4O3. The SMILES string of the molecule is COC(=O)CCNc1cc(N2CCOCC2)ncn1. The average molecular weight is 266 g/mol. The van der Waals surface area contributed by atoms with E-state index in [1.54, 1.807) is 0 Å². The molecule has 7 nitrogen and oxygen atoms in total. The lowest BCUT2D eigenvalue weighted by atomic mass is 10.4. The second-order valence-corrected chi connectivity index (χ2v) is 4.11. The van der Waals surface area contributed by atoms with Crippen molar-refractivity contribution in [1.82, 2.24) is 9.97 Å². The molecule has 1 fully saturated rings. The molecule has 1 aromatic heterocycles. The number of anilines is 2. The third kappa shape index (κ3) is 4.06. The summed E-state index contributed by atoms with van der Waals surface area (Å²) in [7, 11) is 1.38. The van der Waals surface area contributed by atoms with Gasteiger partial charge in [-0.25, -0.2) is 9.97 Å². The number of carbonyl (C=O) groups excluding carboxylic acids is 1. The Labute approximate surface area is 111 Å². The molecule has 1 aromatic rings. The molecule has 0 amide bonds. The van der Waals surface area contributed by atoms with Crippen molar-refractivity contribution in [3.8, 4) is 0 Å². The highest BCUT2D eigenvalue weighted by Crippen LogP contribution is 2.15. The summed E-state index contributed by atoms with van der Waals surface area (Å²) in [6, 6.07) is 1.88. The molecule has 1 aliphatic heterocycles. The van der Waals surface area contributed by atoms with Gasteiger partial charge in [-0.15, -0.1) is 0 Å². The van der Waals surface area contributed by atoms with Gasteiger partial charge in [0.05, 0.1) is 26.7 Å². The number of carbonyl (C=O) groups is 1. The maximum atomic E-state index is 11.0. The predicted octanol–water partition coefficient (Wildman–Crippen LogP) is 0.288. The molecular weight excluding hydrogens is 248 g/mol. The number of nitrogens with one attached hydrogen (secondary N) is 1. The van der Waals surface area contributed by atoms with Crippen LogP contribution in [0.2, 0.25) is 0 Å². The smallest absolute Gasteiger partial charge is 0.307 e. The fourth-order valence-corrected chi connectivity index (χ4v) is 1.80. The van der Waals surface area contributed by atoms with Crippen molar-refractivity contribution in [2.24, 2.45) is 0 Å². The standard InChI is InChI=1S/C12H18N4O3/c1-18-12(17)2-3-13-10-8-11(15-9-14-10)16-4-6-19-7-5-16/h8-9H,2-7H2,1H3,(H,13,14,15). The van der Waals surface area contributed by atoms with Gasteiger partial charge in [0.2, 0.25) is 0 Å². The van der Waals surface area contributed by atoms with Gasteiger partial charge >= 0.3 is 5.97 Å². The van der Waals surface area contributed by atoms with Gasteiger partial charge in [-0.05, 0) is 0 Å². The van der Waals surface area contributed by atoms with Crippen LogP contribution in [-0.4, -0.2) is 55.9 Å². The quantitative estimate of drug-likeness (QED) is 0.767. The van der Waals surface area contributed by atoms with Gasteiger partial charge in [0, 0.05) is 25.7 Å². The lowest BCUT2D eigenvalue weighted by Gasteiger charge is -2.27. The number of hydrogen-bond acceptors (Lipinski definition) is 7. The Bertz CT molecular complexity index is 421. The molecule has 1 aliphatic rings. The van der Waals surface area contributed by atoms with Crippen LogP contribution < -0.4 is 10.2 Å². The van der Waals surface area contributed by atoms with Crippen molar-refractivity contribution in [2.45, 2.75) is 6.42 Å². The first-order valence-corrected chi connectivity index (χ1v) is 6.25. The van der Waals surface area contributed by atoms with Crippen molar-refractivity contribution in [3.05, 3.63) is 12.4 Å². The van der Waals surface area contributed by atoms with Gasteiger partial charge in [0.15, 0.2) is 0 Å². The first kappa shape index (κ1) is 13.5. The van der Waals surface area contributed by atoms with Crippen LogP contribution in [0.5, 0.6) is 0 Å². The van der Waals surface area contributed by atoms with Gasteiger partial charge in [-0.1, -0.05) is 0 Å². The fourth-order valence-electron chi connectivity index (χ4n) is 1.80. The third-order valence-electron chi connectivity index (χ3n) is 2.85. The van der Waals surface area contributed by atoms with E-state index in [0.717, 1.165) is 32.1 Å². The number of aromatic nitrogens is 2. The second kappa shape index (κ2) is 6.89. The second-order valence-electron chi connectivity index (χ2n) is 4.11. The predicted molar refractivity (Wildman–Crippen MR) is 70.2 cm³/mol. The Morgan fingerprint density at radius 2 is 2.26 bits per heavy atom. The minimum absolute atomic E-state index is 0.241. The summed E-state index contributed by atoms with van der Waals surface area (Å²) in [5, 5.41) is 3.08. The van der Waals surface area contributed by atoms with Gasteiger partial charge in [0.25, 0.3) is 0 Å². The zero-order valence-corrected chi connectivity index (χ0v) is 11.0. The third-order valence-corrected chi connectivity index (χ3v) is 2.85. The van der Waals surface area contributed by atoms with E-state index in [1.807, 2.05) is 6.07 Å². The van der Waals surface area contributed by atoms with E-state index >= 15 is 0 Å². The Morgan fingerprint density at radius 3 is 3.00 bits per heavy atom. The van der Waals surface area contributed by atoms with Crippen LogP contribution in [0.15, 0.2) is 12.4 Å². The highest BCUT2D eigenvalue weighted by Gasteiger charge is 2.12. The van der Waals surface area contributed by atoms with Crippen LogP contribution in [0, 0.1) is 0 Å². The van der Waals surface area contributed by atoms with Gasteiger partial charge in [0.1, 0.15) is 18.0 Å². The molecule has 2 rings (SSSR count). The van der Waals surface area contributed by atoms with Gasteiger partial charge < -0.3 is 19.7 Å². The first-order chi connectivity index (χ1) is 9.29. The summed E-state index contributed by atoms with van der Waals surface area (Å²) < 4.78 is 9.88. The number of hydrogen-bond donors (Lipinski definition) is 1. The van der Waals surface area contributed by atoms with E-state index in [2.05, 4.69) is 24.9 Å². The summed E-state index contributed by atoms with van der Waals surface area (Å²) in [5.74, 6) is 1.34. The van der Waals surface area contributed by atoms with Gasteiger partial charge in [-0.3, -0.25) is 4.79 Å². The minimum Gasteiger partial charge on any atom is -0.469 e. The lowest BCUT2D eigenvalue weighted by Crippen LogP contribution is -2.36. The molecule has 2 heterocycles. The molecule has 0 spiro atoms. The Morgan fingerprint density at radius 1 is 1.47 bits per heavy atom. The molecule has 104 valence electrons. The fraction of sp³-hybridized carbons (Fsp3) is 0.583. The van der Waals surface area contributed by atoms with Crippen LogP contribution in [0.3, 0.4) is 0 Å². The Balaban J connectivity index is 1.89. The molecule has 7 heteroatoms. The molecule has 0 aromatic carbocycles. The highest BCUT2D eigenvalue weighted by molar-refractivity contribution is 5.69. The number of esters is 1. The van der Waals surface area contributed by atoms with Crippen molar-refractivity contribution in [3.63, 3.8) is 0 Å². The van der Waals surface area contributed by atoms with E-state index in [0.29, 0.717) is 18.8 Å². The molecule has 1 saturated heterocycles. The summed E-state index contributed by atoms with van der Waals surface area (Å²) in [6.07, 6.45) is 1.83. The van der Waals surface area contributed by atoms with E-state index in [1.165, 1.54) is 13.4 Å². The molecule has 19 heavy (non-hydrogen) atoms. The molecule has 0 saturated carbocycles. The van der Waals surface area contributed by atoms with Crippen LogP contribution in [0.4, 0.5) is 11.6 Å². The summed E-state index contributed by atoms with van der Waals surface area (Å²) in [5.41, 5.74) is 0. The first-order valence-electron chi connectivity index (χ1n) is 6.25. The van der Waals surface area contributed by atoms with Crippen molar-refractivity contribution >= 4 is 17.6 Å².